The maximum absolute atomic E-state index is 2.21. The first-order valence-corrected chi connectivity index (χ1v) is 7.51. The SMILES string of the molecule is Cc1ccccc1[Si]=[Zr+2]. The summed E-state index contributed by atoms with van der Waals surface area (Å²) in [7, 11) is 0. The first-order valence-electron chi connectivity index (χ1n) is 2.83. The van der Waals surface area contributed by atoms with Crippen LogP contribution in [0.4, 0.5) is 0 Å². The van der Waals surface area contributed by atoms with Gasteiger partial charge in [-0.05, 0) is 0 Å². The quantitative estimate of drug-likeness (QED) is 0.601. The van der Waals surface area contributed by atoms with E-state index in [-0.39, 0.29) is 0 Å². The molecule has 0 saturated heterocycles. The van der Waals surface area contributed by atoms with E-state index in [1.54, 1.807) is 23.3 Å². The summed E-state index contributed by atoms with van der Waals surface area (Å²) in [6.45, 7) is 2.17. The summed E-state index contributed by atoms with van der Waals surface area (Å²) in [6, 6.07) is 8.59. The Labute approximate surface area is 71.3 Å². The van der Waals surface area contributed by atoms with Gasteiger partial charge in [0.1, 0.15) is 0 Å². The van der Waals surface area contributed by atoms with Gasteiger partial charge in [-0.25, -0.2) is 0 Å². The molecule has 1 aromatic rings. The van der Waals surface area contributed by atoms with Gasteiger partial charge >= 0.3 is 71.4 Å². The molecule has 0 aliphatic rings. The molecule has 0 bridgehead atoms. The number of rotatable bonds is 1. The Bertz CT molecular complexity index is 220. The van der Waals surface area contributed by atoms with Gasteiger partial charge in [0.25, 0.3) is 0 Å². The molecule has 0 N–H and O–H groups in total. The van der Waals surface area contributed by atoms with E-state index in [1.807, 2.05) is 0 Å². The van der Waals surface area contributed by atoms with Gasteiger partial charge in [-0.2, -0.15) is 0 Å². The topological polar surface area (TPSA) is 0 Å². The molecule has 1 aromatic carbocycles. The molecule has 2 heteroatoms. The Kier molecular flexibility index (Phi) is 2.87. The Balaban J connectivity index is 3.15. The van der Waals surface area contributed by atoms with E-state index >= 15 is 0 Å². The summed E-state index contributed by atoms with van der Waals surface area (Å²) in [5, 5.41) is 1.52. The molecule has 0 nitrogen and oxygen atoms in total. The Morgan fingerprint density at radius 2 is 2.00 bits per heavy atom. The molecule has 9 heavy (non-hydrogen) atoms. The molecule has 0 fully saturated rings. The summed E-state index contributed by atoms with van der Waals surface area (Å²) < 4.78 is 0. The molecule has 0 spiro atoms. The summed E-state index contributed by atoms with van der Waals surface area (Å²) in [6.07, 6.45) is 1.02. The monoisotopic (exact) mass is 209 g/mol. The average molecular weight is 210 g/mol. The van der Waals surface area contributed by atoms with Gasteiger partial charge in [-0.3, -0.25) is 0 Å². The maximum atomic E-state index is 2.21. The predicted molar refractivity (Wildman–Crippen MR) is 36.6 cm³/mol. The molecule has 1 rings (SSSR count). The van der Waals surface area contributed by atoms with Crippen LogP contribution in [0.1, 0.15) is 5.56 Å². The van der Waals surface area contributed by atoms with E-state index in [0.717, 1.165) is 6.16 Å². The van der Waals surface area contributed by atoms with E-state index < -0.39 is 0 Å². The van der Waals surface area contributed by atoms with Gasteiger partial charge < -0.3 is 0 Å². The molecule has 1 radical (unpaired) electrons. The second-order valence-corrected chi connectivity index (χ2v) is 4.57. The van der Waals surface area contributed by atoms with Gasteiger partial charge in [-0.1, -0.05) is 0 Å². The summed E-state index contributed by atoms with van der Waals surface area (Å²) in [5.41, 5.74) is 1.44. The molecule has 0 heterocycles. The van der Waals surface area contributed by atoms with Gasteiger partial charge in [-0.15, -0.1) is 0 Å². The predicted octanol–water partition coefficient (Wildman–Crippen LogP) is 0.786. The van der Waals surface area contributed by atoms with Crippen molar-refractivity contribution in [2.24, 2.45) is 0 Å². The summed E-state index contributed by atoms with van der Waals surface area (Å²) in [4.78, 5) is 0. The van der Waals surface area contributed by atoms with Gasteiger partial charge in [0.05, 0.1) is 0 Å². The van der Waals surface area contributed by atoms with E-state index in [0.29, 0.717) is 0 Å². The molecule has 0 saturated carbocycles. The van der Waals surface area contributed by atoms with Crippen LogP contribution in [0, 0.1) is 6.92 Å². The molecule has 0 aromatic heterocycles. The zero-order chi connectivity index (χ0) is 6.69. The van der Waals surface area contributed by atoms with E-state index in [1.165, 1.54) is 10.8 Å². The fraction of sp³-hybridized carbons (Fsp3) is 0.143. The Morgan fingerprint density at radius 3 is 2.44 bits per heavy atom. The van der Waals surface area contributed by atoms with Crippen molar-refractivity contribution < 1.29 is 23.3 Å². The van der Waals surface area contributed by atoms with Crippen molar-refractivity contribution in [1.82, 2.24) is 0 Å². The fourth-order valence-corrected chi connectivity index (χ4v) is 3.24. The van der Waals surface area contributed by atoms with Crippen molar-refractivity contribution in [3.05, 3.63) is 29.8 Å². The molecule has 0 aliphatic heterocycles. The first-order chi connectivity index (χ1) is 4.34. The van der Waals surface area contributed by atoms with Crippen LogP contribution < -0.4 is 5.19 Å². The summed E-state index contributed by atoms with van der Waals surface area (Å²) in [5.74, 6) is 0. The summed E-state index contributed by atoms with van der Waals surface area (Å²) >= 11 is 1.62. The fourth-order valence-electron chi connectivity index (χ4n) is 0.713. The van der Waals surface area contributed by atoms with Crippen LogP contribution in [0.2, 0.25) is 0 Å². The number of hydrogen-bond donors (Lipinski definition) is 0. The van der Waals surface area contributed by atoms with Crippen LogP contribution in [0.3, 0.4) is 0 Å². The molecular weight excluding hydrogens is 203 g/mol. The normalized spacial score (nSPS) is 9.22. The van der Waals surface area contributed by atoms with Crippen LogP contribution >= 0.6 is 0 Å². The Hall–Kier alpha value is 0.320. The van der Waals surface area contributed by atoms with Crippen LogP contribution in [0.25, 0.3) is 0 Å². The van der Waals surface area contributed by atoms with Crippen molar-refractivity contribution in [2.45, 2.75) is 6.92 Å². The standard InChI is InChI=1S/C7H7Si.Zr/c1-6-4-2-3-5-7(6)8;/h2-5H,1H3;/q;+2. The molecule has 0 aliphatic carbocycles. The molecular formula is C7H7SiZr+2. The number of hydrogen-bond acceptors (Lipinski definition) is 0. The molecule has 41 valence electrons. The average Bonchev–Trinajstić information content (AvgIpc) is 1.89. The van der Waals surface area contributed by atoms with Gasteiger partial charge in [0.15, 0.2) is 0 Å². The molecule has 0 atom stereocenters. The minimum absolute atomic E-state index is 1.02. The molecule has 0 amide bonds. The first kappa shape index (κ1) is 7.43. The second-order valence-electron chi connectivity index (χ2n) is 1.94. The number of benzene rings is 1. The second kappa shape index (κ2) is 3.48. The van der Waals surface area contributed by atoms with Crippen LogP contribution in [-0.2, 0) is 23.3 Å². The van der Waals surface area contributed by atoms with Gasteiger partial charge in [0.2, 0.25) is 0 Å². The zero-order valence-corrected chi connectivity index (χ0v) is 8.77. The van der Waals surface area contributed by atoms with Crippen molar-refractivity contribution in [2.75, 3.05) is 0 Å². The third kappa shape index (κ3) is 1.87. The Morgan fingerprint density at radius 1 is 1.33 bits per heavy atom. The van der Waals surface area contributed by atoms with E-state index in [2.05, 4.69) is 31.2 Å². The van der Waals surface area contributed by atoms with Crippen molar-refractivity contribution in [1.29, 1.82) is 0 Å². The van der Waals surface area contributed by atoms with Crippen LogP contribution in [0.15, 0.2) is 24.3 Å². The zero-order valence-electron chi connectivity index (χ0n) is 5.31. The van der Waals surface area contributed by atoms with Crippen molar-refractivity contribution in [3.63, 3.8) is 0 Å². The van der Waals surface area contributed by atoms with Crippen molar-refractivity contribution in [3.8, 4) is 0 Å². The van der Waals surface area contributed by atoms with Crippen LogP contribution in [0.5, 0.6) is 0 Å². The molecule has 0 unspecified atom stereocenters. The third-order valence-corrected chi connectivity index (χ3v) is 4.10. The van der Waals surface area contributed by atoms with Crippen LogP contribution in [-0.4, -0.2) is 6.16 Å². The minimum atomic E-state index is 1.02. The van der Waals surface area contributed by atoms with Gasteiger partial charge in [0, 0.05) is 0 Å². The van der Waals surface area contributed by atoms with Crippen molar-refractivity contribution >= 4 is 11.3 Å². The van der Waals surface area contributed by atoms with E-state index in [9.17, 15) is 0 Å². The third-order valence-electron chi connectivity index (χ3n) is 1.28. The number of aryl methyl sites for hydroxylation is 1. The van der Waals surface area contributed by atoms with E-state index in [4.69, 9.17) is 0 Å².